The van der Waals surface area contributed by atoms with Crippen LogP contribution in [0.2, 0.25) is 0 Å². The zero-order chi connectivity index (χ0) is 10.0. The van der Waals surface area contributed by atoms with Gasteiger partial charge in [0.2, 0.25) is 0 Å². The molecule has 1 nitrogen and oxygen atoms in total. The quantitative estimate of drug-likeness (QED) is 0.647. The molecule has 0 amide bonds. The van der Waals surface area contributed by atoms with Crippen LogP contribution in [-0.4, -0.2) is 12.7 Å². The minimum atomic E-state index is -0.846. The fraction of sp³-hybridized carbons (Fsp3) is 0.600. The molecule has 0 aliphatic carbocycles. The molecule has 1 aliphatic heterocycles. The van der Waals surface area contributed by atoms with Gasteiger partial charge in [0.15, 0.2) is 0 Å². The van der Waals surface area contributed by atoms with Crippen molar-refractivity contribution >= 4 is 0 Å². The molecule has 74 valence electrons. The molecule has 3 heteroatoms. The third kappa shape index (κ3) is 2.15. The van der Waals surface area contributed by atoms with Crippen LogP contribution in [0.5, 0.6) is 0 Å². The van der Waals surface area contributed by atoms with E-state index in [0.29, 0.717) is 6.61 Å². The van der Waals surface area contributed by atoms with E-state index in [-0.39, 0.29) is 5.92 Å². The fourth-order valence-electron chi connectivity index (χ4n) is 1.72. The van der Waals surface area contributed by atoms with Crippen molar-refractivity contribution in [2.24, 2.45) is 11.8 Å². The van der Waals surface area contributed by atoms with Gasteiger partial charge in [0.25, 0.3) is 0 Å². The second-order valence-corrected chi connectivity index (χ2v) is 3.48. The first-order valence-electron chi connectivity index (χ1n) is 4.34. The van der Waals surface area contributed by atoms with Crippen LogP contribution in [0.1, 0.15) is 13.3 Å². The monoisotopic (exact) mass is 188 g/mol. The highest BCUT2D eigenvalue weighted by molar-refractivity contribution is 5.07. The molecule has 0 radical (unpaired) electrons. The molecule has 0 aromatic heterocycles. The summed E-state index contributed by atoms with van der Waals surface area (Å²) in [5, 5.41) is 0. The zero-order valence-corrected chi connectivity index (χ0v) is 7.72. The second kappa shape index (κ2) is 4.01. The fourth-order valence-corrected chi connectivity index (χ4v) is 1.72. The highest BCUT2D eigenvalue weighted by atomic mass is 19.1. The maximum atomic E-state index is 13.0. The van der Waals surface area contributed by atoms with Gasteiger partial charge in [0, 0.05) is 12.5 Å². The van der Waals surface area contributed by atoms with Gasteiger partial charge in [-0.1, -0.05) is 20.1 Å². The molecule has 0 saturated carbocycles. The molecule has 1 saturated heterocycles. The summed E-state index contributed by atoms with van der Waals surface area (Å²) in [7, 11) is 0. The average molecular weight is 188 g/mol. The molecule has 0 N–H and O–H groups in total. The maximum absolute atomic E-state index is 13.0. The van der Waals surface area contributed by atoms with Crippen molar-refractivity contribution in [3.05, 3.63) is 24.8 Å². The molecule has 13 heavy (non-hydrogen) atoms. The zero-order valence-electron chi connectivity index (χ0n) is 7.72. The van der Waals surface area contributed by atoms with E-state index in [2.05, 4.69) is 13.2 Å². The van der Waals surface area contributed by atoms with Crippen LogP contribution in [0.3, 0.4) is 0 Å². The van der Waals surface area contributed by atoms with E-state index in [1.165, 1.54) is 0 Å². The lowest BCUT2D eigenvalue weighted by Gasteiger charge is -2.34. The standard InChI is InChI=1S/C10H14F2O/c1-6-4-5-13-10(8(3)12)9(6)7(2)11/h6,9-10H,2-5H2,1H3. The van der Waals surface area contributed by atoms with Crippen molar-refractivity contribution in [1.29, 1.82) is 0 Å². The van der Waals surface area contributed by atoms with E-state index in [1.54, 1.807) is 0 Å². The van der Waals surface area contributed by atoms with Crippen LogP contribution in [-0.2, 0) is 4.74 Å². The van der Waals surface area contributed by atoms with E-state index < -0.39 is 23.7 Å². The molecule has 1 fully saturated rings. The first kappa shape index (κ1) is 10.4. The Kier molecular flexibility index (Phi) is 3.20. The van der Waals surface area contributed by atoms with E-state index in [1.807, 2.05) is 6.92 Å². The summed E-state index contributed by atoms with van der Waals surface area (Å²) in [4.78, 5) is 0. The number of halogens is 2. The van der Waals surface area contributed by atoms with Gasteiger partial charge in [-0.05, 0) is 12.3 Å². The summed E-state index contributed by atoms with van der Waals surface area (Å²) in [6, 6.07) is 0. The second-order valence-electron chi connectivity index (χ2n) is 3.48. The summed E-state index contributed by atoms with van der Waals surface area (Å²) < 4.78 is 30.9. The molecular formula is C10H14F2O. The third-order valence-corrected chi connectivity index (χ3v) is 2.48. The van der Waals surface area contributed by atoms with Gasteiger partial charge in [-0.3, -0.25) is 0 Å². The van der Waals surface area contributed by atoms with Crippen molar-refractivity contribution in [1.82, 2.24) is 0 Å². The largest absolute Gasteiger partial charge is 0.370 e. The van der Waals surface area contributed by atoms with E-state index >= 15 is 0 Å². The first-order chi connectivity index (χ1) is 6.04. The molecule has 3 atom stereocenters. The van der Waals surface area contributed by atoms with E-state index in [4.69, 9.17) is 4.74 Å². The van der Waals surface area contributed by atoms with Gasteiger partial charge in [-0.2, -0.15) is 0 Å². The predicted molar refractivity (Wildman–Crippen MR) is 47.5 cm³/mol. The minimum Gasteiger partial charge on any atom is -0.370 e. The molecule has 1 rings (SSSR count). The lowest BCUT2D eigenvalue weighted by atomic mass is 9.83. The van der Waals surface area contributed by atoms with Crippen molar-refractivity contribution in [3.63, 3.8) is 0 Å². The molecule has 1 heterocycles. The Bertz CT molecular complexity index is 225. The predicted octanol–water partition coefficient (Wildman–Crippen LogP) is 2.99. The summed E-state index contributed by atoms with van der Waals surface area (Å²) in [5.74, 6) is -1.65. The molecule has 3 unspecified atom stereocenters. The van der Waals surface area contributed by atoms with Crippen LogP contribution < -0.4 is 0 Å². The molecule has 0 bridgehead atoms. The summed E-state index contributed by atoms with van der Waals surface area (Å²) >= 11 is 0. The van der Waals surface area contributed by atoms with Gasteiger partial charge in [0.1, 0.15) is 11.9 Å². The van der Waals surface area contributed by atoms with Crippen molar-refractivity contribution < 1.29 is 13.5 Å². The molecular weight excluding hydrogens is 174 g/mol. The Labute approximate surface area is 77.1 Å². The minimum absolute atomic E-state index is 0.0590. The molecule has 1 aliphatic rings. The third-order valence-electron chi connectivity index (χ3n) is 2.48. The lowest BCUT2D eigenvalue weighted by molar-refractivity contribution is -0.0347. The van der Waals surface area contributed by atoms with Crippen LogP contribution in [0.4, 0.5) is 8.78 Å². The molecule has 0 aromatic carbocycles. The number of rotatable bonds is 2. The highest BCUT2D eigenvalue weighted by Gasteiger charge is 2.36. The van der Waals surface area contributed by atoms with Crippen molar-refractivity contribution in [2.45, 2.75) is 19.4 Å². The molecule has 0 spiro atoms. The number of hydrogen-bond acceptors (Lipinski definition) is 1. The molecule has 0 aromatic rings. The number of hydrogen-bond donors (Lipinski definition) is 0. The Balaban J connectivity index is 2.80. The van der Waals surface area contributed by atoms with Crippen LogP contribution in [0, 0.1) is 11.8 Å². The van der Waals surface area contributed by atoms with Gasteiger partial charge in [-0.25, -0.2) is 8.78 Å². The smallest absolute Gasteiger partial charge is 0.122 e. The highest BCUT2D eigenvalue weighted by Crippen LogP contribution is 2.35. The SMILES string of the molecule is C=C(F)C1OCCC(C)C1C(=C)F. The Morgan fingerprint density at radius 3 is 2.31 bits per heavy atom. The van der Waals surface area contributed by atoms with Gasteiger partial charge in [-0.15, -0.1) is 0 Å². The maximum Gasteiger partial charge on any atom is 0.122 e. The normalized spacial score (nSPS) is 34.2. The van der Waals surface area contributed by atoms with E-state index in [0.717, 1.165) is 6.42 Å². The van der Waals surface area contributed by atoms with Crippen molar-refractivity contribution in [2.75, 3.05) is 6.61 Å². The van der Waals surface area contributed by atoms with Gasteiger partial charge in [0.05, 0.1) is 5.83 Å². The Morgan fingerprint density at radius 2 is 1.92 bits per heavy atom. The summed E-state index contributed by atoms with van der Waals surface area (Å²) in [6.45, 7) is 8.68. The summed E-state index contributed by atoms with van der Waals surface area (Å²) in [6.07, 6.45) is -0.113. The topological polar surface area (TPSA) is 9.23 Å². The Hall–Kier alpha value is -0.700. The Morgan fingerprint density at radius 1 is 1.31 bits per heavy atom. The van der Waals surface area contributed by atoms with Gasteiger partial charge >= 0.3 is 0 Å². The number of ether oxygens (including phenoxy) is 1. The van der Waals surface area contributed by atoms with Crippen LogP contribution in [0.25, 0.3) is 0 Å². The average Bonchev–Trinajstić information content (AvgIpc) is 2.02. The van der Waals surface area contributed by atoms with Crippen LogP contribution >= 0.6 is 0 Å². The van der Waals surface area contributed by atoms with E-state index in [9.17, 15) is 8.78 Å². The van der Waals surface area contributed by atoms with Crippen molar-refractivity contribution in [3.8, 4) is 0 Å². The van der Waals surface area contributed by atoms with Crippen LogP contribution in [0.15, 0.2) is 24.8 Å². The summed E-state index contributed by atoms with van der Waals surface area (Å²) in [5.41, 5.74) is 0. The lowest BCUT2D eigenvalue weighted by Crippen LogP contribution is -2.35. The first-order valence-corrected chi connectivity index (χ1v) is 4.34. The van der Waals surface area contributed by atoms with Gasteiger partial charge < -0.3 is 4.74 Å².